The van der Waals surface area contributed by atoms with Crippen molar-refractivity contribution >= 4 is 23.3 Å². The molecule has 2 nitrogen and oxygen atoms in total. The fraction of sp³-hybridized carbons (Fsp3) is 0.788. The molecule has 0 atom stereocenters. The zero-order chi connectivity index (χ0) is 48.3. The summed E-state index contributed by atoms with van der Waals surface area (Å²) in [6, 6.07) is 17.9. The van der Waals surface area contributed by atoms with Crippen molar-refractivity contribution in [1.82, 2.24) is 0 Å². The Morgan fingerprint density at radius 2 is 0.580 bits per heavy atom. The molecule has 0 heterocycles. The molecular weight excluding hydrogens is 879 g/mol. The van der Waals surface area contributed by atoms with Gasteiger partial charge in [-0.1, -0.05) is 321 Å². The van der Waals surface area contributed by atoms with E-state index in [0.717, 1.165) is 42.8 Å². The first-order valence-electron chi connectivity index (χ1n) is 31.0. The molecule has 0 radical (unpaired) electrons. The molecule has 2 rings (SSSR count). The van der Waals surface area contributed by atoms with Crippen molar-refractivity contribution in [1.29, 1.82) is 0 Å². The number of hydrogen-bond acceptors (Lipinski definition) is 2. The molecule has 0 aliphatic heterocycles. The molecule has 3 heteroatoms. The van der Waals surface area contributed by atoms with Gasteiger partial charge in [0.1, 0.15) is 0 Å². The van der Waals surface area contributed by atoms with Gasteiger partial charge in [-0.05, 0) is 73.9 Å². The van der Waals surface area contributed by atoms with Crippen molar-refractivity contribution in [3.63, 3.8) is 0 Å². The molecule has 2 aromatic carbocycles. The van der Waals surface area contributed by atoms with E-state index in [1.165, 1.54) is 300 Å². The molecule has 0 unspecified atom stereocenters. The van der Waals surface area contributed by atoms with Crippen molar-refractivity contribution < 1.29 is 16.5 Å². The molecule has 0 amide bonds. The van der Waals surface area contributed by atoms with Gasteiger partial charge in [0.2, 0.25) is 0 Å². The number of unbranched alkanes of at least 4 members (excludes halogenated alkanes) is 43. The average molecular weight is 996 g/mol. The van der Waals surface area contributed by atoms with Crippen LogP contribution in [0.4, 0.5) is 11.4 Å². The molecule has 0 bridgehead atoms. The van der Waals surface area contributed by atoms with Crippen LogP contribution < -0.4 is 0 Å². The Kier molecular flexibility index (Phi) is 49.8. The molecule has 0 aromatic heterocycles. The summed E-state index contributed by atoms with van der Waals surface area (Å²) < 4.78 is 0. The van der Waals surface area contributed by atoms with Crippen LogP contribution in [0.15, 0.2) is 58.5 Å². The third kappa shape index (κ3) is 43.6. The maximum absolute atomic E-state index is 5.14. The number of aliphatic imine (C=N–C) groups is 2. The second-order valence-corrected chi connectivity index (χ2v) is 21.7. The Balaban J connectivity index is 0.0000238. The second-order valence-electron chi connectivity index (χ2n) is 21.7. The van der Waals surface area contributed by atoms with Crippen LogP contribution >= 0.6 is 0 Å². The molecule has 0 aliphatic carbocycles. The topological polar surface area (TPSA) is 24.7 Å². The van der Waals surface area contributed by atoms with Crippen LogP contribution in [-0.2, 0) is 29.3 Å². The summed E-state index contributed by atoms with van der Waals surface area (Å²) in [5.74, 6) is 0. The summed E-state index contributed by atoms with van der Waals surface area (Å²) in [5.41, 5.74) is 6.08. The van der Waals surface area contributed by atoms with E-state index >= 15 is 0 Å². The largest absolute Gasteiger partial charge is 0.255 e. The van der Waals surface area contributed by atoms with E-state index in [9.17, 15) is 0 Å². The standard InChI is InChI=1S/C66H116N2.Ni/c1-4-7-10-12-14-16-18-20-22-24-26-28-30-32-34-36-38-40-42-44-46-48-52-62-54-50-57-64(59-62)67-61-66(56-9-6-3)68-65-58-51-55-63(60-65)53-49-47-45-43-41-39-37-35-33-31-29-27-25-23-21-19-17-15-13-11-8-5-2;/h50-51,54-55,57-61H,4-49,52-53,56H2,1-3H3;. The van der Waals surface area contributed by atoms with E-state index in [1.807, 2.05) is 6.21 Å². The summed E-state index contributed by atoms with van der Waals surface area (Å²) in [6.45, 7) is 6.88. The molecule has 0 saturated carbocycles. The van der Waals surface area contributed by atoms with E-state index in [-0.39, 0.29) is 16.5 Å². The molecule has 0 aliphatic rings. The number of hydrogen-bond donors (Lipinski definition) is 0. The molecule has 2 aromatic rings. The van der Waals surface area contributed by atoms with Gasteiger partial charge in [-0.15, -0.1) is 0 Å². The van der Waals surface area contributed by atoms with Gasteiger partial charge in [0, 0.05) is 22.7 Å². The zero-order valence-corrected chi connectivity index (χ0v) is 47.5. The fourth-order valence-corrected chi connectivity index (χ4v) is 10.3. The first-order chi connectivity index (χ1) is 33.7. The van der Waals surface area contributed by atoms with Gasteiger partial charge >= 0.3 is 0 Å². The zero-order valence-electron chi connectivity index (χ0n) is 46.6. The van der Waals surface area contributed by atoms with E-state index < -0.39 is 0 Å². The molecular formula is C66H116N2Ni. The Morgan fingerprint density at radius 3 is 0.884 bits per heavy atom. The summed E-state index contributed by atoms with van der Waals surface area (Å²) in [6.07, 6.45) is 70.9. The van der Waals surface area contributed by atoms with Gasteiger partial charge in [-0.2, -0.15) is 0 Å². The molecule has 0 saturated heterocycles. The minimum Gasteiger partial charge on any atom is -0.255 e. The normalized spacial score (nSPS) is 11.8. The fourth-order valence-electron chi connectivity index (χ4n) is 10.3. The van der Waals surface area contributed by atoms with Crippen molar-refractivity contribution in [3.8, 4) is 0 Å². The van der Waals surface area contributed by atoms with Crippen LogP contribution in [-0.4, -0.2) is 11.9 Å². The van der Waals surface area contributed by atoms with Crippen molar-refractivity contribution in [2.24, 2.45) is 9.98 Å². The predicted octanol–water partition coefficient (Wildman–Crippen LogP) is 23.6. The molecule has 0 N–H and O–H groups in total. The average Bonchev–Trinajstić information content (AvgIpc) is 3.35. The first-order valence-corrected chi connectivity index (χ1v) is 31.0. The maximum atomic E-state index is 5.14. The van der Waals surface area contributed by atoms with Gasteiger partial charge in [0.25, 0.3) is 0 Å². The van der Waals surface area contributed by atoms with E-state index in [2.05, 4.69) is 69.3 Å². The Hall–Kier alpha value is -1.73. The van der Waals surface area contributed by atoms with Crippen LogP contribution in [0.25, 0.3) is 0 Å². The van der Waals surface area contributed by atoms with Gasteiger partial charge in [0.05, 0.1) is 17.1 Å². The SMILES string of the molecule is CCCCCCCCCCCCCCCCCCCCCCCCc1cccc(N=CC(CCCC)=Nc2cccc(CCCCCCCCCCCCCCCCCCCCCCCC)c2)c1.[Ni]. The quantitative estimate of drug-likeness (QED) is 0.0358. The first kappa shape index (κ1) is 65.3. The van der Waals surface area contributed by atoms with Gasteiger partial charge < -0.3 is 0 Å². The Morgan fingerprint density at radius 1 is 0.319 bits per heavy atom. The van der Waals surface area contributed by atoms with Crippen molar-refractivity contribution in [3.05, 3.63) is 59.7 Å². The van der Waals surface area contributed by atoms with Gasteiger partial charge in [0.15, 0.2) is 0 Å². The number of aryl methyl sites for hydroxylation is 2. The summed E-state index contributed by atoms with van der Waals surface area (Å²) >= 11 is 0. The minimum absolute atomic E-state index is 0. The monoisotopic (exact) mass is 995 g/mol. The van der Waals surface area contributed by atoms with Gasteiger partial charge in [-0.25, -0.2) is 0 Å². The smallest absolute Gasteiger partial charge is 0.0636 e. The second kappa shape index (κ2) is 52.6. The van der Waals surface area contributed by atoms with Crippen LogP contribution in [0, 0.1) is 0 Å². The predicted molar refractivity (Wildman–Crippen MR) is 310 cm³/mol. The van der Waals surface area contributed by atoms with Crippen LogP contribution in [0.1, 0.15) is 334 Å². The van der Waals surface area contributed by atoms with Crippen molar-refractivity contribution in [2.45, 2.75) is 335 Å². The van der Waals surface area contributed by atoms with Gasteiger partial charge in [-0.3, -0.25) is 9.98 Å². The van der Waals surface area contributed by atoms with Crippen LogP contribution in [0.5, 0.6) is 0 Å². The van der Waals surface area contributed by atoms with Crippen LogP contribution in [0.2, 0.25) is 0 Å². The van der Waals surface area contributed by atoms with E-state index in [4.69, 9.17) is 9.98 Å². The van der Waals surface area contributed by atoms with Crippen LogP contribution in [0.3, 0.4) is 0 Å². The van der Waals surface area contributed by atoms with E-state index in [0.29, 0.717) is 0 Å². The Bertz CT molecular complexity index is 1400. The third-order valence-corrected chi connectivity index (χ3v) is 14.9. The summed E-state index contributed by atoms with van der Waals surface area (Å²) in [5, 5.41) is 0. The number of rotatable bonds is 52. The minimum atomic E-state index is 0. The molecule has 0 fully saturated rings. The molecule has 69 heavy (non-hydrogen) atoms. The van der Waals surface area contributed by atoms with Crippen molar-refractivity contribution in [2.75, 3.05) is 0 Å². The molecule has 400 valence electrons. The third-order valence-electron chi connectivity index (χ3n) is 14.9. The van der Waals surface area contributed by atoms with E-state index in [1.54, 1.807) is 0 Å². The number of benzene rings is 2. The maximum Gasteiger partial charge on any atom is 0.0636 e. The number of nitrogens with zero attached hydrogens (tertiary/aromatic N) is 2. The molecule has 0 spiro atoms. The summed E-state index contributed by atoms with van der Waals surface area (Å²) in [4.78, 5) is 10.1. The Labute approximate surface area is 442 Å². The summed E-state index contributed by atoms with van der Waals surface area (Å²) in [7, 11) is 0.